The fraction of sp³-hybridized carbons (Fsp3) is 0.0268. The number of hydrogen-bond donors (Lipinski definition) is 3. The number of para-hydroxylation sites is 1. The molecule has 3 N–H and O–H groups in total. The molecule has 3 unspecified atom stereocenters. The van der Waals surface area contributed by atoms with Crippen LogP contribution in [-0.2, 0) is 0 Å². The Balaban J connectivity index is 0.000000114. The SMILES string of the molecule is [C-]#[N+]c1ccc(-c2ccc(-c3cc(-c4ccc(-c5ccc(-c6cccnc6)cc5)cc4)cc4c3NC3C=CC=CN43)cc2)cc1.[C-]#[N+]c1ccc(-c2ccc(-c3cc(-c4ccc(-c5cccnc5)cc4)c4c(c3)N3C=CC=CC3N4)cc2)cc1.[C-]#[N+]c1ccc(-c2ccc(-c3cc(-c4ccc5oc6ccccc6c5c4)c4c(c3)N3C=CC=CC3N4)cc2)cc1. The third-order valence-corrected chi connectivity index (χ3v) is 23.8. The molecule has 124 heavy (non-hydrogen) atoms. The quantitative estimate of drug-likeness (QED) is 0.103. The molecule has 0 saturated heterocycles. The van der Waals surface area contributed by atoms with Crippen LogP contribution in [0.3, 0.4) is 0 Å². The van der Waals surface area contributed by atoms with Crippen LogP contribution in [0.5, 0.6) is 0 Å². The van der Waals surface area contributed by atoms with Crippen molar-refractivity contribution in [2.24, 2.45) is 0 Å². The van der Waals surface area contributed by atoms with E-state index >= 15 is 0 Å². The Morgan fingerprint density at radius 2 is 0.532 bits per heavy atom. The molecule has 12 heteroatoms. The van der Waals surface area contributed by atoms with E-state index < -0.39 is 0 Å². The van der Waals surface area contributed by atoms with Crippen LogP contribution < -0.4 is 30.7 Å². The van der Waals surface area contributed by atoms with Gasteiger partial charge in [0.25, 0.3) is 0 Å². The maximum absolute atomic E-state index is 7.23. The van der Waals surface area contributed by atoms with E-state index in [1.807, 2.05) is 109 Å². The van der Waals surface area contributed by atoms with Crippen molar-refractivity contribution >= 4 is 73.1 Å². The lowest BCUT2D eigenvalue weighted by molar-refractivity contribution is 0.669. The number of nitrogens with zero attached hydrogens (tertiary/aromatic N) is 8. The summed E-state index contributed by atoms with van der Waals surface area (Å²) in [6.07, 6.45) is 33.2. The van der Waals surface area contributed by atoms with Crippen molar-refractivity contribution in [3.63, 3.8) is 0 Å². The van der Waals surface area contributed by atoms with Gasteiger partial charge in [0.2, 0.25) is 0 Å². The molecule has 9 heterocycles. The average Bonchev–Trinajstić information content (AvgIpc) is 1.59. The highest BCUT2D eigenvalue weighted by atomic mass is 16.3. The van der Waals surface area contributed by atoms with E-state index in [1.54, 1.807) is 12.4 Å². The summed E-state index contributed by atoms with van der Waals surface area (Å²) in [5.74, 6) is 0. The van der Waals surface area contributed by atoms with E-state index in [0.29, 0.717) is 17.1 Å². The summed E-state index contributed by atoms with van der Waals surface area (Å²) in [5.41, 5.74) is 38.2. The molecule has 0 bridgehead atoms. The molecule has 0 spiro atoms. The van der Waals surface area contributed by atoms with Crippen molar-refractivity contribution in [2.75, 3.05) is 30.7 Å². The average molecular weight is 1590 g/mol. The molecular formula is C112H75N11O. The summed E-state index contributed by atoms with van der Waals surface area (Å²) in [4.78, 5) is 25.9. The third-order valence-electron chi connectivity index (χ3n) is 23.8. The highest BCUT2D eigenvalue weighted by molar-refractivity contribution is 6.08. The Kier molecular flexibility index (Phi) is 19.4. The molecule has 584 valence electrons. The zero-order valence-electron chi connectivity index (χ0n) is 67.1. The summed E-state index contributed by atoms with van der Waals surface area (Å²) in [7, 11) is 0. The molecular weight excluding hydrogens is 1520 g/mol. The summed E-state index contributed by atoms with van der Waals surface area (Å²) < 4.78 is 6.11. The van der Waals surface area contributed by atoms with Gasteiger partial charge in [0.15, 0.2) is 17.1 Å². The smallest absolute Gasteiger partial charge is 0.187 e. The minimum absolute atomic E-state index is 0.0910. The van der Waals surface area contributed by atoms with Gasteiger partial charge in [-0.1, -0.05) is 273 Å². The van der Waals surface area contributed by atoms with Crippen LogP contribution in [0.15, 0.2) is 424 Å². The largest absolute Gasteiger partial charge is 0.456 e. The van der Waals surface area contributed by atoms with Crippen LogP contribution in [0, 0.1) is 19.7 Å². The predicted molar refractivity (Wildman–Crippen MR) is 511 cm³/mol. The molecule has 12 nitrogen and oxygen atoms in total. The number of anilines is 6. The van der Waals surface area contributed by atoms with Crippen LogP contribution in [0.4, 0.5) is 51.2 Å². The second-order valence-corrected chi connectivity index (χ2v) is 31.2. The summed E-state index contributed by atoms with van der Waals surface area (Å²) in [5, 5.41) is 13.5. The highest BCUT2D eigenvalue weighted by Crippen LogP contribution is 2.51. The Hall–Kier alpha value is -17.1. The standard InChI is InChI=1S/C41H28N4.C36H23N3O.C35H24N4/c1-42-37-21-19-31(20-22-37)30-15-17-34(18-16-30)38-25-36(26-39-41(38)44-40-6-2-3-24-45(39)40)33-13-9-29(10-14-33)28-7-11-32(12-8-28)35-5-4-23-43-27-35;1-37-28-16-13-24(14-17-28)23-9-11-25(12-10-23)27-21-30(36-32(22-27)39-19-5-4-8-35(39)38-36)26-15-18-34-31(20-26)29-6-2-3-7-33(29)40-34;1-36-31-17-15-25(16-18-31)24-7-9-27(10-8-24)30-21-32(35-33(22-30)39-20-3-2-6-34(39)38-35)28-13-11-26(12-14-28)29-5-4-19-37-23-29/h2-27,40,44H;2-22,35,38H;2-23,34,38H. The molecule has 3 atom stereocenters. The molecule has 14 aromatic carbocycles. The number of pyridine rings is 2. The fourth-order valence-corrected chi connectivity index (χ4v) is 17.4. The molecule has 6 aliphatic heterocycles. The van der Waals surface area contributed by atoms with Gasteiger partial charge in [-0.05, 0) is 220 Å². The first kappa shape index (κ1) is 74.4. The third kappa shape index (κ3) is 14.5. The van der Waals surface area contributed by atoms with Crippen LogP contribution >= 0.6 is 0 Å². The lowest BCUT2D eigenvalue weighted by atomic mass is 9.93. The molecule has 17 aromatic rings. The summed E-state index contributed by atoms with van der Waals surface area (Å²) in [6, 6.07) is 112. The predicted octanol–water partition coefficient (Wildman–Crippen LogP) is 29.3. The first-order chi connectivity index (χ1) is 61.2. The Morgan fingerprint density at radius 1 is 0.250 bits per heavy atom. The van der Waals surface area contributed by atoms with Gasteiger partial charge in [0, 0.05) is 70.9 Å². The van der Waals surface area contributed by atoms with Gasteiger partial charge in [0.05, 0.1) is 53.8 Å². The van der Waals surface area contributed by atoms with Crippen molar-refractivity contribution in [1.29, 1.82) is 0 Å². The van der Waals surface area contributed by atoms with Gasteiger partial charge < -0.3 is 35.1 Å². The molecule has 0 aliphatic carbocycles. The van der Waals surface area contributed by atoms with Crippen LogP contribution in [0.2, 0.25) is 0 Å². The zero-order valence-corrected chi connectivity index (χ0v) is 67.1. The number of nitrogens with one attached hydrogen (secondary N) is 3. The first-order valence-corrected chi connectivity index (χ1v) is 41.3. The molecule has 0 fully saturated rings. The van der Waals surface area contributed by atoms with Crippen LogP contribution in [0.1, 0.15) is 0 Å². The van der Waals surface area contributed by atoms with Crippen molar-refractivity contribution in [1.82, 2.24) is 9.97 Å². The minimum Gasteiger partial charge on any atom is -0.456 e. The molecule has 6 aliphatic rings. The normalized spacial score (nSPS) is 14.8. The monoisotopic (exact) mass is 1590 g/mol. The number of furan rings is 1. The minimum atomic E-state index is 0.0910. The second-order valence-electron chi connectivity index (χ2n) is 31.2. The maximum Gasteiger partial charge on any atom is 0.187 e. The molecule has 23 rings (SSSR count). The van der Waals surface area contributed by atoms with Gasteiger partial charge in [0.1, 0.15) is 29.7 Å². The number of allylic oxidation sites excluding steroid dienone is 6. The van der Waals surface area contributed by atoms with Gasteiger partial charge in [-0.25, -0.2) is 14.5 Å². The van der Waals surface area contributed by atoms with E-state index in [-0.39, 0.29) is 18.5 Å². The number of benzene rings is 14. The van der Waals surface area contributed by atoms with E-state index in [2.05, 4.69) is 353 Å². The van der Waals surface area contributed by atoms with Gasteiger partial charge in [-0.3, -0.25) is 9.97 Å². The maximum atomic E-state index is 7.23. The number of rotatable bonds is 12. The van der Waals surface area contributed by atoms with E-state index in [9.17, 15) is 0 Å². The highest BCUT2D eigenvalue weighted by Gasteiger charge is 2.34. The van der Waals surface area contributed by atoms with Gasteiger partial charge >= 0.3 is 0 Å². The van der Waals surface area contributed by atoms with E-state index in [4.69, 9.17) is 24.1 Å². The Labute approximate surface area is 719 Å². The number of aromatic nitrogens is 2. The lowest BCUT2D eigenvalue weighted by Crippen LogP contribution is -2.30. The lowest BCUT2D eigenvalue weighted by Gasteiger charge is -2.22. The molecule has 3 aromatic heterocycles. The second kappa shape index (κ2) is 32.3. The van der Waals surface area contributed by atoms with Crippen molar-refractivity contribution in [3.05, 3.63) is 454 Å². The van der Waals surface area contributed by atoms with Gasteiger partial charge in [-0.15, -0.1) is 0 Å². The summed E-state index contributed by atoms with van der Waals surface area (Å²) in [6.45, 7) is 21.6. The fourth-order valence-electron chi connectivity index (χ4n) is 17.4. The Morgan fingerprint density at radius 3 is 0.855 bits per heavy atom. The van der Waals surface area contributed by atoms with Crippen molar-refractivity contribution < 1.29 is 4.42 Å². The Bertz CT molecular complexity index is 7300. The van der Waals surface area contributed by atoms with Gasteiger partial charge in [-0.2, -0.15) is 0 Å². The van der Waals surface area contributed by atoms with Crippen molar-refractivity contribution in [2.45, 2.75) is 18.5 Å². The number of hydrogen-bond acceptors (Lipinski definition) is 9. The molecule has 0 radical (unpaired) electrons. The van der Waals surface area contributed by atoms with E-state index in [0.717, 1.165) is 139 Å². The first-order valence-electron chi connectivity index (χ1n) is 41.3. The summed E-state index contributed by atoms with van der Waals surface area (Å²) >= 11 is 0. The topological polar surface area (TPSA) is 97.8 Å². The molecule has 0 saturated carbocycles. The zero-order chi connectivity index (χ0) is 83.0. The van der Waals surface area contributed by atoms with Crippen molar-refractivity contribution in [3.8, 4) is 134 Å². The van der Waals surface area contributed by atoms with Crippen LogP contribution in [0.25, 0.3) is 170 Å². The van der Waals surface area contributed by atoms with Crippen LogP contribution in [-0.4, -0.2) is 28.5 Å². The number of fused-ring (bicyclic) bond motifs is 12. The molecule has 0 amide bonds. The van der Waals surface area contributed by atoms with E-state index in [1.165, 1.54) is 50.3 Å².